The van der Waals surface area contributed by atoms with E-state index in [1.54, 1.807) is 26.6 Å². The van der Waals surface area contributed by atoms with Crippen LogP contribution in [0.2, 0.25) is 0 Å². The molecule has 0 fully saturated rings. The van der Waals surface area contributed by atoms with Crippen LogP contribution in [0.3, 0.4) is 0 Å². The Kier molecular flexibility index (Phi) is 2.99. The number of methoxy groups -OCH3 is 1. The van der Waals surface area contributed by atoms with Crippen LogP contribution in [-0.2, 0) is 7.05 Å². The molecule has 0 bridgehead atoms. The lowest BCUT2D eigenvalue weighted by Crippen LogP contribution is -2.18. The molecule has 1 heterocycles. The van der Waals surface area contributed by atoms with Crippen LogP contribution < -0.4 is 10.4 Å². The Balaban J connectivity index is 2.12. The van der Waals surface area contributed by atoms with E-state index in [9.17, 15) is 4.79 Å². The van der Waals surface area contributed by atoms with Gasteiger partial charge in [-0.3, -0.25) is 0 Å². The first-order valence-electron chi connectivity index (χ1n) is 6.28. The predicted octanol–water partition coefficient (Wildman–Crippen LogP) is 2.61. The second-order valence-electron chi connectivity index (χ2n) is 4.66. The second-order valence-corrected chi connectivity index (χ2v) is 4.66. The molecule has 3 rings (SSSR count). The number of nitrogens with zero attached hydrogens (tertiary/aromatic N) is 2. The SMILES string of the molecule is COc1ccc2cc(-c3cnc(=O)n(C)c3)ccc2c1. The van der Waals surface area contributed by atoms with Crippen molar-refractivity contribution in [3.05, 3.63) is 59.3 Å². The number of hydrogen-bond donors (Lipinski definition) is 0. The van der Waals surface area contributed by atoms with Gasteiger partial charge in [0.1, 0.15) is 5.75 Å². The van der Waals surface area contributed by atoms with Gasteiger partial charge in [0.25, 0.3) is 0 Å². The number of ether oxygens (including phenoxy) is 1. The molecule has 0 atom stereocenters. The Labute approximate surface area is 116 Å². The molecule has 0 saturated heterocycles. The van der Waals surface area contributed by atoms with Crippen molar-refractivity contribution in [3.63, 3.8) is 0 Å². The van der Waals surface area contributed by atoms with Crippen LogP contribution in [0, 0.1) is 0 Å². The van der Waals surface area contributed by atoms with Crippen molar-refractivity contribution in [2.45, 2.75) is 0 Å². The van der Waals surface area contributed by atoms with Crippen molar-refractivity contribution in [3.8, 4) is 16.9 Å². The van der Waals surface area contributed by atoms with Crippen LogP contribution in [0.15, 0.2) is 53.6 Å². The first-order valence-corrected chi connectivity index (χ1v) is 6.28. The summed E-state index contributed by atoms with van der Waals surface area (Å²) in [4.78, 5) is 15.2. The molecule has 0 spiro atoms. The lowest BCUT2D eigenvalue weighted by atomic mass is 10.0. The molecule has 0 unspecified atom stereocenters. The van der Waals surface area contributed by atoms with Crippen LogP contribution in [0.1, 0.15) is 0 Å². The van der Waals surface area contributed by atoms with E-state index in [1.807, 2.05) is 30.3 Å². The average molecular weight is 266 g/mol. The number of rotatable bonds is 2. The van der Waals surface area contributed by atoms with E-state index < -0.39 is 0 Å². The molecule has 1 aromatic heterocycles. The third-order valence-electron chi connectivity index (χ3n) is 3.33. The summed E-state index contributed by atoms with van der Waals surface area (Å²) in [7, 11) is 3.36. The number of aryl methyl sites for hydroxylation is 1. The highest BCUT2D eigenvalue weighted by Gasteiger charge is 2.03. The second kappa shape index (κ2) is 4.81. The maximum Gasteiger partial charge on any atom is 0.347 e. The van der Waals surface area contributed by atoms with Gasteiger partial charge in [-0.05, 0) is 34.5 Å². The number of hydrogen-bond acceptors (Lipinski definition) is 3. The summed E-state index contributed by atoms with van der Waals surface area (Å²) in [5.41, 5.74) is 1.70. The highest BCUT2D eigenvalue weighted by atomic mass is 16.5. The number of fused-ring (bicyclic) bond motifs is 1. The van der Waals surface area contributed by atoms with Crippen LogP contribution in [0.5, 0.6) is 5.75 Å². The normalized spacial score (nSPS) is 10.7. The van der Waals surface area contributed by atoms with Gasteiger partial charge in [-0.15, -0.1) is 0 Å². The summed E-state index contributed by atoms with van der Waals surface area (Å²) >= 11 is 0. The summed E-state index contributed by atoms with van der Waals surface area (Å²) in [6, 6.07) is 12.1. The van der Waals surface area contributed by atoms with Crippen LogP contribution in [0.4, 0.5) is 0 Å². The number of benzene rings is 2. The molecule has 0 aliphatic carbocycles. The molecule has 3 aromatic rings. The third kappa shape index (κ3) is 2.16. The van der Waals surface area contributed by atoms with E-state index >= 15 is 0 Å². The molecule has 100 valence electrons. The number of aromatic nitrogens is 2. The maximum absolute atomic E-state index is 11.3. The van der Waals surface area contributed by atoms with Gasteiger partial charge in [0.05, 0.1) is 7.11 Å². The lowest BCUT2D eigenvalue weighted by molar-refractivity contribution is 0.415. The van der Waals surface area contributed by atoms with Gasteiger partial charge in [0.2, 0.25) is 0 Å². The first-order chi connectivity index (χ1) is 9.67. The quantitative estimate of drug-likeness (QED) is 0.716. The summed E-state index contributed by atoms with van der Waals surface area (Å²) in [5.74, 6) is 0.842. The molecular formula is C16H14N2O2. The van der Waals surface area contributed by atoms with Crippen molar-refractivity contribution >= 4 is 10.8 Å². The minimum Gasteiger partial charge on any atom is -0.497 e. The molecule has 20 heavy (non-hydrogen) atoms. The van der Waals surface area contributed by atoms with Crippen molar-refractivity contribution in [2.24, 2.45) is 7.05 Å². The van der Waals surface area contributed by atoms with E-state index in [0.29, 0.717) is 0 Å². The molecule has 0 aliphatic heterocycles. The van der Waals surface area contributed by atoms with Gasteiger partial charge in [-0.25, -0.2) is 9.78 Å². The molecule has 4 nitrogen and oxygen atoms in total. The fourth-order valence-corrected chi connectivity index (χ4v) is 2.19. The summed E-state index contributed by atoms with van der Waals surface area (Å²) < 4.78 is 6.70. The largest absolute Gasteiger partial charge is 0.497 e. The van der Waals surface area contributed by atoms with E-state index in [4.69, 9.17) is 4.74 Å². The van der Waals surface area contributed by atoms with Gasteiger partial charge in [-0.1, -0.05) is 18.2 Å². The maximum atomic E-state index is 11.3. The molecule has 0 amide bonds. The van der Waals surface area contributed by atoms with Crippen molar-refractivity contribution in [2.75, 3.05) is 7.11 Å². The van der Waals surface area contributed by atoms with E-state index in [2.05, 4.69) is 11.1 Å². The fourth-order valence-electron chi connectivity index (χ4n) is 2.19. The molecule has 0 N–H and O–H groups in total. The van der Waals surface area contributed by atoms with E-state index in [0.717, 1.165) is 27.6 Å². The average Bonchev–Trinajstić information content (AvgIpc) is 2.49. The van der Waals surface area contributed by atoms with Crippen molar-refractivity contribution in [1.29, 1.82) is 0 Å². The van der Waals surface area contributed by atoms with Crippen molar-refractivity contribution < 1.29 is 4.74 Å². The molecule has 0 radical (unpaired) electrons. The summed E-state index contributed by atoms with van der Waals surface area (Å²) in [6.45, 7) is 0. The van der Waals surface area contributed by atoms with E-state index in [-0.39, 0.29) is 5.69 Å². The summed E-state index contributed by atoms with van der Waals surface area (Å²) in [6.07, 6.45) is 3.40. The van der Waals surface area contributed by atoms with Gasteiger partial charge < -0.3 is 9.30 Å². The van der Waals surface area contributed by atoms with Crippen LogP contribution in [0.25, 0.3) is 21.9 Å². The lowest BCUT2D eigenvalue weighted by Gasteiger charge is -2.06. The highest BCUT2D eigenvalue weighted by Crippen LogP contribution is 2.26. The Morgan fingerprint density at radius 3 is 2.55 bits per heavy atom. The van der Waals surface area contributed by atoms with Crippen LogP contribution in [-0.4, -0.2) is 16.7 Å². The topological polar surface area (TPSA) is 44.1 Å². The van der Waals surface area contributed by atoms with Gasteiger partial charge in [-0.2, -0.15) is 0 Å². The standard InChI is InChI=1S/C16H14N2O2/c1-18-10-14(9-17-16(18)19)12-3-4-13-8-15(20-2)6-5-11(13)7-12/h3-10H,1-2H3. The van der Waals surface area contributed by atoms with Crippen LogP contribution >= 0.6 is 0 Å². The fraction of sp³-hybridized carbons (Fsp3) is 0.125. The Morgan fingerprint density at radius 1 is 1.05 bits per heavy atom. The Hall–Kier alpha value is -2.62. The summed E-state index contributed by atoms with van der Waals surface area (Å²) in [5, 5.41) is 2.24. The Morgan fingerprint density at radius 2 is 1.80 bits per heavy atom. The Bertz CT molecular complexity index is 837. The zero-order valence-corrected chi connectivity index (χ0v) is 11.3. The monoisotopic (exact) mass is 266 g/mol. The minimum absolute atomic E-state index is 0.251. The first kappa shape index (κ1) is 12.4. The van der Waals surface area contributed by atoms with E-state index in [1.165, 1.54) is 4.57 Å². The third-order valence-corrected chi connectivity index (χ3v) is 3.33. The molecule has 0 saturated carbocycles. The zero-order valence-electron chi connectivity index (χ0n) is 11.3. The zero-order chi connectivity index (χ0) is 14.1. The smallest absolute Gasteiger partial charge is 0.347 e. The van der Waals surface area contributed by atoms with Gasteiger partial charge in [0.15, 0.2) is 0 Å². The molecule has 4 heteroatoms. The van der Waals surface area contributed by atoms with Gasteiger partial charge in [0, 0.05) is 25.0 Å². The minimum atomic E-state index is -0.251. The predicted molar refractivity (Wildman–Crippen MR) is 79.0 cm³/mol. The highest BCUT2D eigenvalue weighted by molar-refractivity contribution is 5.88. The molecule has 2 aromatic carbocycles. The van der Waals surface area contributed by atoms with Crippen molar-refractivity contribution in [1.82, 2.24) is 9.55 Å². The molecular weight excluding hydrogens is 252 g/mol. The van der Waals surface area contributed by atoms with Gasteiger partial charge >= 0.3 is 5.69 Å². The molecule has 0 aliphatic rings.